The monoisotopic (exact) mass is 194 g/mol. The minimum absolute atomic E-state index is 0.503. The van der Waals surface area contributed by atoms with Crippen molar-refractivity contribution in [2.45, 2.75) is 33.6 Å². The van der Waals surface area contributed by atoms with Gasteiger partial charge >= 0.3 is 0 Å². The largest absolute Gasteiger partial charge is 0.381 e. The van der Waals surface area contributed by atoms with Crippen LogP contribution in [0.15, 0.2) is 12.2 Å². The molecular weight excluding hydrogens is 172 g/mol. The van der Waals surface area contributed by atoms with Crippen LogP contribution in [0.4, 0.5) is 0 Å². The second-order valence-electron chi connectivity index (χ2n) is 5.48. The van der Waals surface area contributed by atoms with Crippen LogP contribution >= 0.6 is 0 Å². The highest BCUT2D eigenvalue weighted by atomic mass is 16.5. The summed E-state index contributed by atoms with van der Waals surface area (Å²) in [4.78, 5) is 0. The maximum Gasteiger partial charge on any atom is 0.0528 e. The van der Waals surface area contributed by atoms with Gasteiger partial charge in [0.05, 0.1) is 6.61 Å². The zero-order valence-electron chi connectivity index (χ0n) is 9.62. The van der Waals surface area contributed by atoms with E-state index in [-0.39, 0.29) is 0 Å². The molecule has 3 aliphatic rings. The molecule has 2 heterocycles. The van der Waals surface area contributed by atoms with Crippen molar-refractivity contribution in [1.29, 1.82) is 0 Å². The topological polar surface area (TPSA) is 9.23 Å². The molecule has 0 aromatic carbocycles. The van der Waals surface area contributed by atoms with Crippen LogP contribution < -0.4 is 0 Å². The molecule has 1 fully saturated rings. The molecule has 2 bridgehead atoms. The van der Waals surface area contributed by atoms with E-state index in [1.54, 1.807) is 0 Å². The third-order valence-electron chi connectivity index (χ3n) is 4.39. The summed E-state index contributed by atoms with van der Waals surface area (Å²) in [7, 11) is 0. The second-order valence-corrected chi connectivity index (χ2v) is 5.48. The lowest BCUT2D eigenvalue weighted by molar-refractivity contribution is 0.00429. The SMILES string of the molecule is CC(C)C1(C)CC2C=CC1CCOC2. The smallest absolute Gasteiger partial charge is 0.0528 e. The van der Waals surface area contributed by atoms with Crippen molar-refractivity contribution in [3.8, 4) is 0 Å². The van der Waals surface area contributed by atoms with E-state index < -0.39 is 0 Å². The lowest BCUT2D eigenvalue weighted by atomic mass is 9.60. The molecule has 2 aliphatic heterocycles. The van der Waals surface area contributed by atoms with Gasteiger partial charge in [0.15, 0.2) is 0 Å². The van der Waals surface area contributed by atoms with Gasteiger partial charge < -0.3 is 4.74 Å². The van der Waals surface area contributed by atoms with E-state index in [2.05, 4.69) is 32.9 Å². The van der Waals surface area contributed by atoms with Crippen LogP contribution in [-0.4, -0.2) is 13.2 Å². The summed E-state index contributed by atoms with van der Waals surface area (Å²) >= 11 is 0. The third kappa shape index (κ3) is 1.63. The van der Waals surface area contributed by atoms with Gasteiger partial charge in [0.25, 0.3) is 0 Å². The van der Waals surface area contributed by atoms with Crippen LogP contribution in [0, 0.1) is 23.2 Å². The summed E-state index contributed by atoms with van der Waals surface area (Å²) in [6.07, 6.45) is 7.36. The zero-order chi connectivity index (χ0) is 10.2. The Morgan fingerprint density at radius 2 is 2.14 bits per heavy atom. The number of rotatable bonds is 1. The van der Waals surface area contributed by atoms with Crippen LogP contribution in [0.25, 0.3) is 0 Å². The first kappa shape index (κ1) is 10.2. The van der Waals surface area contributed by atoms with Crippen LogP contribution in [0.3, 0.4) is 0 Å². The molecule has 1 nitrogen and oxygen atoms in total. The number of ether oxygens (including phenoxy) is 1. The number of hydrogen-bond donors (Lipinski definition) is 0. The molecule has 1 heteroatoms. The van der Waals surface area contributed by atoms with Gasteiger partial charge in [0, 0.05) is 12.5 Å². The molecule has 0 aromatic heterocycles. The van der Waals surface area contributed by atoms with E-state index in [4.69, 9.17) is 4.74 Å². The zero-order valence-corrected chi connectivity index (χ0v) is 9.62. The fraction of sp³-hybridized carbons (Fsp3) is 0.846. The maximum atomic E-state index is 5.63. The lowest BCUT2D eigenvalue weighted by Gasteiger charge is -2.46. The molecule has 3 rings (SSSR count). The molecule has 1 saturated heterocycles. The van der Waals surface area contributed by atoms with Crippen LogP contribution in [0.2, 0.25) is 0 Å². The molecule has 3 atom stereocenters. The van der Waals surface area contributed by atoms with E-state index in [0.717, 1.165) is 25.0 Å². The van der Waals surface area contributed by atoms with E-state index in [0.29, 0.717) is 11.3 Å². The van der Waals surface area contributed by atoms with Crippen molar-refractivity contribution >= 4 is 0 Å². The molecule has 0 N–H and O–H groups in total. The summed E-state index contributed by atoms with van der Waals surface area (Å²) in [5.74, 6) is 2.18. The first-order chi connectivity index (χ1) is 6.63. The van der Waals surface area contributed by atoms with Crippen molar-refractivity contribution in [3.63, 3.8) is 0 Å². The van der Waals surface area contributed by atoms with Gasteiger partial charge in [-0.25, -0.2) is 0 Å². The quantitative estimate of drug-likeness (QED) is 0.582. The average molecular weight is 194 g/mol. The maximum absolute atomic E-state index is 5.63. The Morgan fingerprint density at radius 1 is 1.36 bits per heavy atom. The molecule has 0 saturated carbocycles. The highest BCUT2D eigenvalue weighted by Crippen LogP contribution is 2.47. The second kappa shape index (κ2) is 3.69. The van der Waals surface area contributed by atoms with E-state index in [1.807, 2.05) is 0 Å². The van der Waals surface area contributed by atoms with Gasteiger partial charge in [-0.05, 0) is 30.1 Å². The Morgan fingerprint density at radius 3 is 2.86 bits per heavy atom. The highest BCUT2D eigenvalue weighted by molar-refractivity contribution is 5.08. The van der Waals surface area contributed by atoms with E-state index >= 15 is 0 Å². The van der Waals surface area contributed by atoms with Crippen molar-refractivity contribution < 1.29 is 4.74 Å². The lowest BCUT2D eigenvalue weighted by Crippen LogP contribution is -2.39. The van der Waals surface area contributed by atoms with Crippen molar-refractivity contribution in [1.82, 2.24) is 0 Å². The summed E-state index contributed by atoms with van der Waals surface area (Å²) in [6, 6.07) is 0. The van der Waals surface area contributed by atoms with Crippen molar-refractivity contribution in [3.05, 3.63) is 12.2 Å². The fourth-order valence-electron chi connectivity index (χ4n) is 2.94. The normalized spacial score (nSPS) is 42.6. The van der Waals surface area contributed by atoms with Gasteiger partial charge in [0.1, 0.15) is 0 Å². The van der Waals surface area contributed by atoms with Crippen LogP contribution in [0.1, 0.15) is 33.6 Å². The fourth-order valence-corrected chi connectivity index (χ4v) is 2.94. The van der Waals surface area contributed by atoms with Crippen molar-refractivity contribution in [2.24, 2.45) is 23.2 Å². The first-order valence-corrected chi connectivity index (χ1v) is 5.89. The van der Waals surface area contributed by atoms with E-state index in [1.165, 1.54) is 12.8 Å². The molecule has 0 radical (unpaired) electrons. The number of fused-ring (bicyclic) bond motifs is 4. The van der Waals surface area contributed by atoms with Gasteiger partial charge in [-0.2, -0.15) is 0 Å². The Hall–Kier alpha value is -0.300. The molecule has 14 heavy (non-hydrogen) atoms. The van der Waals surface area contributed by atoms with Gasteiger partial charge in [-0.15, -0.1) is 0 Å². The molecule has 0 amide bonds. The summed E-state index contributed by atoms with van der Waals surface area (Å²) < 4.78 is 5.63. The Kier molecular flexibility index (Phi) is 2.70. The minimum atomic E-state index is 0.503. The molecule has 0 aromatic rings. The van der Waals surface area contributed by atoms with Crippen LogP contribution in [0.5, 0.6) is 0 Å². The summed E-state index contributed by atoms with van der Waals surface area (Å²) in [5, 5.41) is 0. The minimum Gasteiger partial charge on any atom is -0.381 e. The molecule has 0 spiro atoms. The number of hydrogen-bond acceptors (Lipinski definition) is 1. The molecule has 3 unspecified atom stereocenters. The highest BCUT2D eigenvalue weighted by Gasteiger charge is 2.40. The average Bonchev–Trinajstić information content (AvgIpc) is 2.07. The van der Waals surface area contributed by atoms with Gasteiger partial charge in [-0.3, -0.25) is 0 Å². The predicted octanol–water partition coefficient (Wildman–Crippen LogP) is 3.26. The summed E-state index contributed by atoms with van der Waals surface area (Å²) in [5.41, 5.74) is 0.503. The molecule has 1 aliphatic carbocycles. The van der Waals surface area contributed by atoms with Gasteiger partial charge in [0.2, 0.25) is 0 Å². The van der Waals surface area contributed by atoms with Crippen LogP contribution in [-0.2, 0) is 4.74 Å². The van der Waals surface area contributed by atoms with E-state index in [9.17, 15) is 0 Å². The molecule has 80 valence electrons. The van der Waals surface area contributed by atoms with Gasteiger partial charge in [-0.1, -0.05) is 32.9 Å². The van der Waals surface area contributed by atoms with Crippen molar-refractivity contribution in [2.75, 3.05) is 13.2 Å². The standard InChI is InChI=1S/C13H22O/c1-10(2)13(3)8-11-4-5-12(13)6-7-14-9-11/h4-5,10-12H,6-9H2,1-3H3. The first-order valence-electron chi connectivity index (χ1n) is 5.89. The Labute approximate surface area is 87.5 Å². The molecular formula is C13H22O. The Balaban J connectivity index is 2.24. The predicted molar refractivity (Wildman–Crippen MR) is 59.1 cm³/mol. The summed E-state index contributed by atoms with van der Waals surface area (Å²) in [6.45, 7) is 9.08. The Bertz CT molecular complexity index is 231. The number of allylic oxidation sites excluding steroid dienone is 1. The third-order valence-corrected chi connectivity index (χ3v) is 4.39.